The summed E-state index contributed by atoms with van der Waals surface area (Å²) in [6.07, 6.45) is 1.86. The van der Waals surface area contributed by atoms with Crippen molar-refractivity contribution >= 4 is 35.2 Å². The normalized spacial score (nSPS) is 26.1. The molecule has 11 heteroatoms. The van der Waals surface area contributed by atoms with E-state index in [4.69, 9.17) is 21.3 Å². The van der Waals surface area contributed by atoms with Crippen LogP contribution in [-0.2, 0) is 9.53 Å². The van der Waals surface area contributed by atoms with Gasteiger partial charge in [-0.05, 0) is 31.4 Å². The molecular formula is C27H36ClF2N5O2S. The van der Waals surface area contributed by atoms with E-state index >= 15 is 0 Å². The minimum absolute atomic E-state index is 0.0406. The standard InChI is InChI=1S/C23H24ClF2N5O2S.2C2H6/c1-3-33-22(32)18-17(11-31-12-23(2,26)9-14(31)10-27)29-20(21-28-6-7-34-21)30-19(18)15-5-4-13(25)8-16(15)24;2*1-2/h4-8,14,19,21,28H,3,9,11-12H2,1-2H3,(H,29,30);2*1-2H3. The molecule has 208 valence electrons. The number of nitrogens with zero attached hydrogens (tertiary/aromatic N) is 3. The Labute approximate surface area is 233 Å². The molecule has 38 heavy (non-hydrogen) atoms. The lowest BCUT2D eigenvalue weighted by molar-refractivity contribution is -0.139. The Morgan fingerprint density at radius 3 is 2.66 bits per heavy atom. The van der Waals surface area contributed by atoms with E-state index in [9.17, 15) is 18.8 Å². The van der Waals surface area contributed by atoms with Crippen molar-refractivity contribution in [2.45, 2.75) is 71.1 Å². The molecule has 3 aliphatic rings. The fourth-order valence-electron chi connectivity index (χ4n) is 4.33. The smallest absolute Gasteiger partial charge is 0.338 e. The second-order valence-electron chi connectivity index (χ2n) is 8.47. The predicted octanol–water partition coefficient (Wildman–Crippen LogP) is 5.85. The van der Waals surface area contributed by atoms with Crippen molar-refractivity contribution in [3.63, 3.8) is 0 Å². The Balaban J connectivity index is 0.00000121. The zero-order valence-corrected chi connectivity index (χ0v) is 24.2. The molecule has 1 saturated heterocycles. The molecule has 0 saturated carbocycles. The first-order valence-corrected chi connectivity index (χ1v) is 14.1. The van der Waals surface area contributed by atoms with Gasteiger partial charge >= 0.3 is 5.97 Å². The van der Waals surface area contributed by atoms with Crippen LogP contribution in [0.4, 0.5) is 8.78 Å². The molecule has 0 bridgehead atoms. The van der Waals surface area contributed by atoms with E-state index in [-0.39, 0.29) is 42.1 Å². The van der Waals surface area contributed by atoms with Crippen LogP contribution in [0.2, 0.25) is 5.02 Å². The Bertz CT molecular complexity index is 1110. The highest BCUT2D eigenvalue weighted by atomic mass is 35.5. The maximum Gasteiger partial charge on any atom is 0.338 e. The van der Waals surface area contributed by atoms with Crippen molar-refractivity contribution in [3.05, 3.63) is 57.5 Å². The van der Waals surface area contributed by atoms with Crippen molar-refractivity contribution in [1.82, 2.24) is 15.5 Å². The highest BCUT2D eigenvalue weighted by Gasteiger charge is 2.43. The second-order valence-corrected chi connectivity index (χ2v) is 9.90. The number of esters is 1. The number of rotatable bonds is 6. The molecule has 3 heterocycles. The van der Waals surface area contributed by atoms with Gasteiger partial charge in [0.25, 0.3) is 0 Å². The van der Waals surface area contributed by atoms with Crippen LogP contribution in [0.5, 0.6) is 0 Å². The van der Waals surface area contributed by atoms with Gasteiger partial charge in [0.2, 0.25) is 0 Å². The largest absolute Gasteiger partial charge is 0.463 e. The number of ether oxygens (including phenoxy) is 1. The third-order valence-electron chi connectivity index (χ3n) is 5.78. The molecule has 1 aromatic carbocycles. The number of halogens is 3. The zero-order valence-electron chi connectivity index (χ0n) is 22.6. The molecule has 3 aliphatic heterocycles. The van der Waals surface area contributed by atoms with Crippen LogP contribution < -0.4 is 10.6 Å². The summed E-state index contributed by atoms with van der Waals surface area (Å²) in [6, 6.07) is 4.55. The average Bonchev–Trinajstić information content (AvgIpc) is 3.53. The Kier molecular flexibility index (Phi) is 12.1. The van der Waals surface area contributed by atoms with Crippen LogP contribution in [0.1, 0.15) is 59.6 Å². The summed E-state index contributed by atoms with van der Waals surface area (Å²) in [4.78, 5) is 19.6. The lowest BCUT2D eigenvalue weighted by atomic mass is 9.95. The molecule has 4 rings (SSSR count). The highest BCUT2D eigenvalue weighted by molar-refractivity contribution is 8.03. The van der Waals surface area contributed by atoms with Crippen LogP contribution >= 0.6 is 23.4 Å². The summed E-state index contributed by atoms with van der Waals surface area (Å²) >= 11 is 7.86. The summed E-state index contributed by atoms with van der Waals surface area (Å²) in [5, 5.41) is 17.7. The number of nitrogens with one attached hydrogen (secondary N) is 2. The fourth-order valence-corrected chi connectivity index (χ4v) is 5.32. The van der Waals surface area contributed by atoms with E-state index in [1.54, 1.807) is 18.0 Å². The number of alkyl halides is 1. The Morgan fingerprint density at radius 1 is 1.37 bits per heavy atom. The maximum atomic E-state index is 14.8. The maximum absolute atomic E-state index is 14.8. The topological polar surface area (TPSA) is 89.8 Å². The summed E-state index contributed by atoms with van der Waals surface area (Å²) in [7, 11) is 0. The SMILES string of the molecule is CC.CC.CCOC(=O)C1=C(CN2CC(C)(F)CC2C#N)NC(C2NC=CS2)=NC1c1ccc(F)cc1Cl. The van der Waals surface area contributed by atoms with Gasteiger partial charge in [0.1, 0.15) is 34.8 Å². The van der Waals surface area contributed by atoms with Crippen molar-refractivity contribution in [3.8, 4) is 6.07 Å². The number of nitriles is 1. The molecule has 0 aromatic heterocycles. The average molecular weight is 568 g/mol. The van der Waals surface area contributed by atoms with Crippen LogP contribution in [-0.4, -0.2) is 53.5 Å². The van der Waals surface area contributed by atoms with Gasteiger partial charge in [0.15, 0.2) is 0 Å². The molecule has 1 fully saturated rings. The Morgan fingerprint density at radius 2 is 2.08 bits per heavy atom. The first-order chi connectivity index (χ1) is 18.2. The predicted molar refractivity (Wildman–Crippen MR) is 150 cm³/mol. The molecule has 0 amide bonds. The van der Waals surface area contributed by atoms with Crippen LogP contribution in [0.15, 0.2) is 46.1 Å². The van der Waals surface area contributed by atoms with Gasteiger partial charge in [0, 0.05) is 42.0 Å². The van der Waals surface area contributed by atoms with E-state index in [1.165, 1.54) is 36.9 Å². The molecular weight excluding hydrogens is 532 g/mol. The molecule has 0 aliphatic carbocycles. The number of thioether (sulfide) groups is 1. The van der Waals surface area contributed by atoms with Crippen molar-refractivity contribution in [1.29, 1.82) is 5.26 Å². The lowest BCUT2D eigenvalue weighted by Gasteiger charge is -2.32. The number of aliphatic imine (C=N–C) groups is 1. The minimum atomic E-state index is -1.52. The highest BCUT2D eigenvalue weighted by Crippen LogP contribution is 2.38. The molecule has 0 radical (unpaired) electrons. The van der Waals surface area contributed by atoms with Gasteiger partial charge in [0.05, 0.1) is 18.2 Å². The first-order valence-electron chi connectivity index (χ1n) is 12.8. The minimum Gasteiger partial charge on any atom is -0.463 e. The van der Waals surface area contributed by atoms with Crippen LogP contribution in [0.25, 0.3) is 0 Å². The van der Waals surface area contributed by atoms with E-state index < -0.39 is 29.5 Å². The quantitative estimate of drug-likeness (QED) is 0.417. The Hall–Kier alpha value is -2.61. The van der Waals surface area contributed by atoms with E-state index in [0.717, 1.165) is 0 Å². The molecule has 7 nitrogen and oxygen atoms in total. The van der Waals surface area contributed by atoms with E-state index in [2.05, 4.69) is 16.7 Å². The summed E-state index contributed by atoms with van der Waals surface area (Å²) in [5.74, 6) is -0.597. The van der Waals surface area contributed by atoms with E-state index in [0.29, 0.717) is 17.1 Å². The molecule has 4 atom stereocenters. The van der Waals surface area contributed by atoms with Crippen LogP contribution in [0.3, 0.4) is 0 Å². The molecule has 1 aromatic rings. The molecule has 2 N–H and O–H groups in total. The van der Waals surface area contributed by atoms with Gasteiger partial charge in [-0.25, -0.2) is 13.6 Å². The lowest BCUT2D eigenvalue weighted by Crippen LogP contribution is -2.46. The second kappa shape index (κ2) is 14.5. The fraction of sp³-hybridized carbons (Fsp3) is 0.519. The van der Waals surface area contributed by atoms with Gasteiger partial charge in [-0.1, -0.05) is 57.1 Å². The third-order valence-corrected chi connectivity index (χ3v) is 7.03. The number of benzene rings is 1. The van der Waals surface area contributed by atoms with Gasteiger partial charge in [-0.2, -0.15) is 5.26 Å². The number of hydrogen-bond acceptors (Lipinski definition) is 8. The van der Waals surface area contributed by atoms with E-state index in [1.807, 2.05) is 33.1 Å². The van der Waals surface area contributed by atoms with Crippen LogP contribution in [0, 0.1) is 17.1 Å². The number of carbonyl (C=O) groups is 1. The summed E-state index contributed by atoms with van der Waals surface area (Å²) in [5.41, 5.74) is -0.448. The molecule has 0 spiro atoms. The number of amidine groups is 1. The van der Waals surface area contributed by atoms with Gasteiger partial charge in [-0.3, -0.25) is 9.89 Å². The summed E-state index contributed by atoms with van der Waals surface area (Å²) < 4.78 is 33.9. The molecule has 4 unspecified atom stereocenters. The number of hydrogen-bond donors (Lipinski definition) is 2. The van der Waals surface area contributed by atoms with Crippen molar-refractivity contribution < 1.29 is 18.3 Å². The van der Waals surface area contributed by atoms with Crippen molar-refractivity contribution in [2.24, 2.45) is 4.99 Å². The third kappa shape index (κ3) is 7.49. The van der Waals surface area contributed by atoms with Gasteiger partial charge in [-0.15, -0.1) is 0 Å². The summed E-state index contributed by atoms with van der Waals surface area (Å²) in [6.45, 7) is 11.4. The monoisotopic (exact) mass is 567 g/mol. The van der Waals surface area contributed by atoms with Crippen molar-refractivity contribution in [2.75, 3.05) is 19.7 Å². The zero-order chi connectivity index (χ0) is 28.5. The number of carbonyl (C=O) groups excluding carboxylic acids is 1. The number of likely N-dealkylation sites (tertiary alicyclic amines) is 1. The van der Waals surface area contributed by atoms with Gasteiger partial charge < -0.3 is 15.4 Å². The first kappa shape index (κ1) is 31.6.